The molecule has 1 aliphatic carbocycles. The molecule has 2 aliphatic rings. The molecule has 0 radical (unpaired) electrons. The van der Waals surface area contributed by atoms with Crippen molar-refractivity contribution in [3.8, 4) is 0 Å². The van der Waals surface area contributed by atoms with Gasteiger partial charge in [-0.2, -0.15) is 0 Å². The molecule has 22 heavy (non-hydrogen) atoms. The molecule has 4 heteroatoms. The van der Waals surface area contributed by atoms with Crippen molar-refractivity contribution in [3.05, 3.63) is 0 Å². The molecule has 1 saturated heterocycles. The number of Topliss-reactive ketones (excluding diaryl/α,β-unsaturated/α-hetero) is 1. The third-order valence-corrected chi connectivity index (χ3v) is 5.15. The Labute approximate surface area is 134 Å². The molecule has 2 atom stereocenters. The van der Waals surface area contributed by atoms with Crippen LogP contribution in [-0.2, 0) is 14.3 Å². The molecule has 0 aromatic heterocycles. The number of hydrogen-bond acceptors (Lipinski definition) is 3. The standard InChI is InChI=1S/C18H31NO3/c1-16(2,3)13(14(20)17(4,5)6)19-15(21)12-11-18(12)7-9-22-10-8-18/h12-13H,7-11H2,1-6H3,(H,19,21)/t12?,13-/m1/s1. The monoisotopic (exact) mass is 309 g/mol. The summed E-state index contributed by atoms with van der Waals surface area (Å²) in [5, 5.41) is 3.07. The molecule has 1 heterocycles. The van der Waals surface area contributed by atoms with Gasteiger partial charge in [0, 0.05) is 24.5 Å². The molecule has 4 nitrogen and oxygen atoms in total. The molecule has 126 valence electrons. The van der Waals surface area contributed by atoms with Crippen LogP contribution >= 0.6 is 0 Å². The number of hydrogen-bond donors (Lipinski definition) is 1. The maximum Gasteiger partial charge on any atom is 0.224 e. The Kier molecular flexibility index (Phi) is 4.46. The zero-order valence-corrected chi connectivity index (χ0v) is 14.9. The predicted molar refractivity (Wildman–Crippen MR) is 86.4 cm³/mol. The lowest BCUT2D eigenvalue weighted by atomic mass is 9.75. The van der Waals surface area contributed by atoms with Gasteiger partial charge in [-0.3, -0.25) is 9.59 Å². The van der Waals surface area contributed by atoms with Gasteiger partial charge in [0.1, 0.15) is 0 Å². The Morgan fingerprint density at radius 1 is 1.09 bits per heavy atom. The molecule has 1 aliphatic heterocycles. The first-order chi connectivity index (χ1) is 9.97. The second-order valence-electron chi connectivity index (χ2n) is 9.15. The van der Waals surface area contributed by atoms with E-state index >= 15 is 0 Å². The molecule has 1 spiro atoms. The van der Waals surface area contributed by atoms with E-state index in [-0.39, 0.29) is 28.4 Å². The van der Waals surface area contributed by atoms with Gasteiger partial charge in [0.2, 0.25) is 5.91 Å². The maximum absolute atomic E-state index is 12.7. The van der Waals surface area contributed by atoms with Crippen LogP contribution < -0.4 is 5.32 Å². The largest absolute Gasteiger partial charge is 0.381 e. The Bertz CT molecular complexity index is 450. The third kappa shape index (κ3) is 3.53. The van der Waals surface area contributed by atoms with E-state index in [1.807, 2.05) is 41.5 Å². The molecule has 1 unspecified atom stereocenters. The molecule has 1 amide bonds. The second-order valence-corrected chi connectivity index (χ2v) is 9.15. The lowest BCUT2D eigenvalue weighted by Gasteiger charge is -2.35. The van der Waals surface area contributed by atoms with Crippen LogP contribution in [-0.4, -0.2) is 30.9 Å². The highest BCUT2D eigenvalue weighted by Gasteiger charge is 2.58. The number of carbonyl (C=O) groups excluding carboxylic acids is 2. The van der Waals surface area contributed by atoms with Crippen LogP contribution in [0.3, 0.4) is 0 Å². The molecular formula is C18H31NO3. The number of carbonyl (C=O) groups is 2. The molecule has 0 aromatic carbocycles. The summed E-state index contributed by atoms with van der Waals surface area (Å²) in [6, 6.07) is -0.433. The van der Waals surface area contributed by atoms with Crippen molar-refractivity contribution in [1.29, 1.82) is 0 Å². The number of ether oxygens (including phenoxy) is 1. The van der Waals surface area contributed by atoms with E-state index in [4.69, 9.17) is 4.74 Å². The number of nitrogens with one attached hydrogen (secondary N) is 1. The molecule has 1 N–H and O–H groups in total. The van der Waals surface area contributed by atoms with Crippen LogP contribution in [0.1, 0.15) is 60.8 Å². The van der Waals surface area contributed by atoms with Crippen molar-refractivity contribution in [1.82, 2.24) is 5.32 Å². The highest BCUT2D eigenvalue weighted by atomic mass is 16.5. The summed E-state index contributed by atoms with van der Waals surface area (Å²) >= 11 is 0. The van der Waals surface area contributed by atoms with Crippen LogP contribution in [0.4, 0.5) is 0 Å². The van der Waals surface area contributed by atoms with Crippen molar-refractivity contribution in [3.63, 3.8) is 0 Å². The minimum atomic E-state index is -0.453. The summed E-state index contributed by atoms with van der Waals surface area (Å²) in [5.41, 5.74) is -0.585. The van der Waals surface area contributed by atoms with Crippen LogP contribution in [0.5, 0.6) is 0 Å². The summed E-state index contributed by atoms with van der Waals surface area (Å²) in [5.74, 6) is 0.225. The number of ketones is 1. The van der Waals surface area contributed by atoms with E-state index in [2.05, 4.69) is 5.32 Å². The Balaban J connectivity index is 2.05. The lowest BCUT2D eigenvalue weighted by molar-refractivity contribution is -0.136. The van der Waals surface area contributed by atoms with Gasteiger partial charge in [0.15, 0.2) is 5.78 Å². The lowest BCUT2D eigenvalue weighted by Crippen LogP contribution is -2.53. The van der Waals surface area contributed by atoms with Gasteiger partial charge in [0.05, 0.1) is 6.04 Å². The van der Waals surface area contributed by atoms with Gasteiger partial charge in [-0.05, 0) is 30.1 Å². The van der Waals surface area contributed by atoms with Gasteiger partial charge in [-0.25, -0.2) is 0 Å². The fourth-order valence-corrected chi connectivity index (χ4v) is 3.40. The Morgan fingerprint density at radius 2 is 1.64 bits per heavy atom. The van der Waals surface area contributed by atoms with Gasteiger partial charge in [-0.15, -0.1) is 0 Å². The van der Waals surface area contributed by atoms with Crippen molar-refractivity contribution in [2.45, 2.75) is 66.8 Å². The van der Waals surface area contributed by atoms with E-state index < -0.39 is 11.5 Å². The minimum Gasteiger partial charge on any atom is -0.381 e. The first-order valence-electron chi connectivity index (χ1n) is 8.40. The van der Waals surface area contributed by atoms with Crippen LogP contribution in [0.15, 0.2) is 0 Å². The van der Waals surface area contributed by atoms with E-state index in [9.17, 15) is 9.59 Å². The first-order valence-corrected chi connectivity index (χ1v) is 8.40. The minimum absolute atomic E-state index is 0.0550. The Hall–Kier alpha value is -0.900. The topological polar surface area (TPSA) is 55.4 Å². The van der Waals surface area contributed by atoms with E-state index in [0.29, 0.717) is 0 Å². The summed E-state index contributed by atoms with van der Waals surface area (Å²) in [7, 11) is 0. The molecule has 1 saturated carbocycles. The number of amides is 1. The maximum atomic E-state index is 12.7. The van der Waals surface area contributed by atoms with E-state index in [1.165, 1.54) is 0 Å². The first kappa shape index (κ1) is 17.5. The van der Waals surface area contributed by atoms with Gasteiger partial charge >= 0.3 is 0 Å². The second kappa shape index (κ2) is 5.63. The van der Waals surface area contributed by atoms with E-state index in [1.54, 1.807) is 0 Å². The normalized spacial score (nSPS) is 25.6. The highest BCUT2D eigenvalue weighted by Crippen LogP contribution is 2.59. The van der Waals surface area contributed by atoms with Crippen molar-refractivity contribution < 1.29 is 14.3 Å². The third-order valence-electron chi connectivity index (χ3n) is 5.15. The SMILES string of the molecule is CC(C)(C)C(=O)[C@@H](NC(=O)C1CC12CCOCC2)C(C)(C)C. The van der Waals surface area contributed by atoms with Crippen LogP contribution in [0.25, 0.3) is 0 Å². The smallest absolute Gasteiger partial charge is 0.224 e. The molecule has 0 aromatic rings. The zero-order chi connectivity index (χ0) is 16.8. The summed E-state index contributed by atoms with van der Waals surface area (Å²) in [6.45, 7) is 13.3. The van der Waals surface area contributed by atoms with E-state index in [0.717, 1.165) is 32.5 Å². The average Bonchev–Trinajstić information content (AvgIpc) is 3.07. The Morgan fingerprint density at radius 3 is 2.09 bits per heavy atom. The van der Waals surface area contributed by atoms with Crippen LogP contribution in [0, 0.1) is 22.2 Å². The van der Waals surface area contributed by atoms with Crippen molar-refractivity contribution in [2.24, 2.45) is 22.2 Å². The average molecular weight is 309 g/mol. The van der Waals surface area contributed by atoms with Gasteiger partial charge in [0.25, 0.3) is 0 Å². The van der Waals surface area contributed by atoms with Gasteiger partial charge < -0.3 is 10.1 Å². The molecular weight excluding hydrogens is 278 g/mol. The van der Waals surface area contributed by atoms with Gasteiger partial charge in [-0.1, -0.05) is 41.5 Å². The quantitative estimate of drug-likeness (QED) is 0.872. The molecule has 2 fully saturated rings. The van der Waals surface area contributed by atoms with Crippen molar-refractivity contribution in [2.75, 3.05) is 13.2 Å². The molecule has 2 rings (SSSR count). The number of rotatable bonds is 3. The summed E-state index contributed by atoms with van der Waals surface area (Å²) in [4.78, 5) is 25.4. The molecule has 0 bridgehead atoms. The summed E-state index contributed by atoms with van der Waals surface area (Å²) < 4.78 is 5.41. The zero-order valence-electron chi connectivity index (χ0n) is 14.9. The fraction of sp³-hybridized carbons (Fsp3) is 0.889. The summed E-state index contributed by atoms with van der Waals surface area (Å²) in [6.07, 6.45) is 2.89. The van der Waals surface area contributed by atoms with Crippen molar-refractivity contribution >= 4 is 11.7 Å². The van der Waals surface area contributed by atoms with Crippen LogP contribution in [0.2, 0.25) is 0 Å². The highest BCUT2D eigenvalue weighted by molar-refractivity contribution is 5.94. The predicted octanol–water partition coefficient (Wildman–Crippen LogP) is 2.95. The fourth-order valence-electron chi connectivity index (χ4n) is 3.40.